The number of halogens is 1. The molecule has 0 amide bonds. The molecule has 0 aromatic heterocycles. The van der Waals surface area contributed by atoms with Gasteiger partial charge in [0.15, 0.2) is 0 Å². The summed E-state index contributed by atoms with van der Waals surface area (Å²) in [6.45, 7) is 5.27. The zero-order valence-electron chi connectivity index (χ0n) is 11.2. The van der Waals surface area contributed by atoms with E-state index in [0.29, 0.717) is 6.04 Å². The Hall–Kier alpha value is -0.540. The van der Waals surface area contributed by atoms with Gasteiger partial charge in [-0.3, -0.25) is 0 Å². The fraction of sp³-hybridized carbons (Fsp3) is 0.600. The molecule has 100 valence electrons. The molecule has 1 saturated carbocycles. The molecule has 0 bridgehead atoms. The first-order chi connectivity index (χ1) is 8.65. The summed E-state index contributed by atoms with van der Waals surface area (Å²) in [5.74, 6) is 1.71. The molecule has 1 aromatic carbocycles. The predicted molar refractivity (Wildman–Crippen MR) is 76.4 cm³/mol. The van der Waals surface area contributed by atoms with Gasteiger partial charge in [0.1, 0.15) is 5.82 Å². The third kappa shape index (κ3) is 4.62. The minimum Gasteiger partial charge on any atom is -0.310 e. The lowest BCUT2D eigenvalue weighted by atomic mass is 10.2. The highest BCUT2D eigenvalue weighted by molar-refractivity contribution is 7.99. The normalized spacial score (nSPS) is 15.3. The molecule has 0 heterocycles. The molecule has 0 radical (unpaired) electrons. The van der Waals surface area contributed by atoms with Gasteiger partial charge in [0.2, 0.25) is 0 Å². The van der Waals surface area contributed by atoms with Gasteiger partial charge in [-0.25, -0.2) is 4.39 Å². The van der Waals surface area contributed by atoms with Crippen LogP contribution in [0.4, 0.5) is 4.39 Å². The largest absolute Gasteiger partial charge is 0.310 e. The topological polar surface area (TPSA) is 12.0 Å². The smallest absolute Gasteiger partial charge is 0.123 e. The maximum Gasteiger partial charge on any atom is 0.123 e. The van der Waals surface area contributed by atoms with Gasteiger partial charge in [0.25, 0.3) is 0 Å². The monoisotopic (exact) mass is 267 g/mol. The van der Waals surface area contributed by atoms with E-state index in [9.17, 15) is 4.39 Å². The van der Waals surface area contributed by atoms with E-state index < -0.39 is 0 Å². The zero-order valence-corrected chi connectivity index (χ0v) is 12.0. The summed E-state index contributed by atoms with van der Waals surface area (Å²) in [6, 6.07) is 5.83. The molecular formula is C15H22FNS. The Morgan fingerprint density at radius 2 is 2.17 bits per heavy atom. The van der Waals surface area contributed by atoms with Gasteiger partial charge in [-0.15, -0.1) is 11.8 Å². The van der Waals surface area contributed by atoms with Crippen LogP contribution in [0.2, 0.25) is 0 Å². The van der Waals surface area contributed by atoms with E-state index in [0.717, 1.165) is 23.8 Å². The molecule has 0 spiro atoms. The van der Waals surface area contributed by atoms with Crippen LogP contribution in [0.1, 0.15) is 38.7 Å². The van der Waals surface area contributed by atoms with Crippen molar-refractivity contribution in [1.82, 2.24) is 5.32 Å². The molecule has 1 N–H and O–H groups in total. The lowest BCUT2D eigenvalue weighted by Gasteiger charge is -2.11. The Morgan fingerprint density at radius 3 is 2.83 bits per heavy atom. The van der Waals surface area contributed by atoms with Crippen LogP contribution < -0.4 is 5.32 Å². The summed E-state index contributed by atoms with van der Waals surface area (Å²) in [5, 5.41) is 3.46. The fourth-order valence-electron chi connectivity index (χ4n) is 1.77. The van der Waals surface area contributed by atoms with Crippen molar-refractivity contribution >= 4 is 11.8 Å². The Morgan fingerprint density at radius 1 is 1.39 bits per heavy atom. The van der Waals surface area contributed by atoms with E-state index in [1.54, 1.807) is 12.1 Å². The zero-order chi connectivity index (χ0) is 13.0. The van der Waals surface area contributed by atoms with E-state index in [4.69, 9.17) is 0 Å². The van der Waals surface area contributed by atoms with Crippen LogP contribution in [0.15, 0.2) is 23.1 Å². The van der Waals surface area contributed by atoms with Gasteiger partial charge in [-0.05, 0) is 54.7 Å². The van der Waals surface area contributed by atoms with E-state index in [-0.39, 0.29) is 5.82 Å². The first-order valence-corrected chi connectivity index (χ1v) is 7.78. The number of thioether (sulfide) groups is 1. The molecule has 3 heteroatoms. The minimum atomic E-state index is -0.129. The SMILES string of the molecule is CC(C)CCSc1ccc(F)cc1CNC1CC1. The molecule has 1 aromatic rings. The van der Waals surface area contributed by atoms with E-state index >= 15 is 0 Å². The van der Waals surface area contributed by atoms with Gasteiger partial charge in [-0.2, -0.15) is 0 Å². The van der Waals surface area contributed by atoms with Crippen LogP contribution in [0.25, 0.3) is 0 Å². The molecule has 0 atom stereocenters. The van der Waals surface area contributed by atoms with Crippen molar-refractivity contribution in [2.24, 2.45) is 5.92 Å². The molecule has 1 aliphatic carbocycles. The Kier molecular flexibility index (Phi) is 5.07. The van der Waals surface area contributed by atoms with Crippen LogP contribution in [0.5, 0.6) is 0 Å². The standard InChI is InChI=1S/C15H22FNS/c1-11(2)7-8-18-15-6-3-13(16)9-12(15)10-17-14-4-5-14/h3,6,9,11,14,17H,4-5,7-8,10H2,1-2H3. The van der Waals surface area contributed by atoms with Crippen LogP contribution in [-0.4, -0.2) is 11.8 Å². The first-order valence-electron chi connectivity index (χ1n) is 6.80. The van der Waals surface area contributed by atoms with Crippen LogP contribution >= 0.6 is 11.8 Å². The molecule has 0 unspecified atom stereocenters. The third-order valence-electron chi connectivity index (χ3n) is 3.13. The Bertz CT molecular complexity index is 388. The Labute approximate surface area is 114 Å². The van der Waals surface area contributed by atoms with Crippen molar-refractivity contribution < 1.29 is 4.39 Å². The lowest BCUT2D eigenvalue weighted by molar-refractivity contribution is 0.615. The fourth-order valence-corrected chi connectivity index (χ4v) is 3.06. The summed E-state index contributed by atoms with van der Waals surface area (Å²) in [4.78, 5) is 1.23. The molecule has 0 saturated heterocycles. The number of nitrogens with one attached hydrogen (secondary N) is 1. The van der Waals surface area contributed by atoms with Gasteiger partial charge in [0, 0.05) is 17.5 Å². The second kappa shape index (κ2) is 6.58. The highest BCUT2D eigenvalue weighted by atomic mass is 32.2. The van der Waals surface area contributed by atoms with Gasteiger partial charge >= 0.3 is 0 Å². The van der Waals surface area contributed by atoms with Crippen molar-refractivity contribution in [2.75, 3.05) is 5.75 Å². The Balaban J connectivity index is 1.93. The number of rotatable bonds is 7. The average Bonchev–Trinajstić information content (AvgIpc) is 3.12. The summed E-state index contributed by atoms with van der Waals surface area (Å²) in [5.41, 5.74) is 1.11. The van der Waals surface area contributed by atoms with Gasteiger partial charge < -0.3 is 5.32 Å². The summed E-state index contributed by atoms with van der Waals surface area (Å²) in [7, 11) is 0. The third-order valence-corrected chi connectivity index (χ3v) is 4.28. The van der Waals surface area contributed by atoms with Gasteiger partial charge in [0.05, 0.1) is 0 Å². The number of hydrogen-bond donors (Lipinski definition) is 1. The van der Waals surface area contributed by atoms with Crippen molar-refractivity contribution in [3.63, 3.8) is 0 Å². The second-order valence-corrected chi connectivity index (χ2v) is 6.57. The second-order valence-electron chi connectivity index (χ2n) is 5.44. The summed E-state index contributed by atoms with van der Waals surface area (Å²) < 4.78 is 13.3. The first kappa shape index (κ1) is 13.9. The summed E-state index contributed by atoms with van der Waals surface area (Å²) >= 11 is 1.85. The molecule has 2 rings (SSSR count). The van der Waals surface area contributed by atoms with Crippen molar-refractivity contribution in [2.45, 2.75) is 50.6 Å². The van der Waals surface area contributed by atoms with E-state index in [1.165, 1.54) is 24.2 Å². The molecule has 18 heavy (non-hydrogen) atoms. The predicted octanol–water partition coefficient (Wildman–Crippen LogP) is 4.22. The molecular weight excluding hydrogens is 245 g/mol. The lowest BCUT2D eigenvalue weighted by Crippen LogP contribution is -2.16. The molecule has 1 aliphatic rings. The van der Waals surface area contributed by atoms with Crippen molar-refractivity contribution in [3.05, 3.63) is 29.6 Å². The maximum absolute atomic E-state index is 13.3. The molecule has 0 aliphatic heterocycles. The number of hydrogen-bond acceptors (Lipinski definition) is 2. The maximum atomic E-state index is 13.3. The van der Waals surface area contributed by atoms with Crippen LogP contribution in [-0.2, 0) is 6.54 Å². The molecule has 1 nitrogen and oxygen atoms in total. The quantitative estimate of drug-likeness (QED) is 0.742. The van der Waals surface area contributed by atoms with Gasteiger partial charge in [-0.1, -0.05) is 13.8 Å². The molecule has 1 fully saturated rings. The number of benzene rings is 1. The average molecular weight is 267 g/mol. The highest BCUT2D eigenvalue weighted by Crippen LogP contribution is 2.27. The van der Waals surface area contributed by atoms with Crippen molar-refractivity contribution in [3.8, 4) is 0 Å². The van der Waals surface area contributed by atoms with E-state index in [2.05, 4.69) is 19.2 Å². The summed E-state index contributed by atoms with van der Waals surface area (Å²) in [6.07, 6.45) is 3.74. The highest BCUT2D eigenvalue weighted by Gasteiger charge is 2.20. The van der Waals surface area contributed by atoms with Crippen LogP contribution in [0.3, 0.4) is 0 Å². The minimum absolute atomic E-state index is 0.129. The van der Waals surface area contributed by atoms with E-state index in [1.807, 2.05) is 17.8 Å². The van der Waals surface area contributed by atoms with Crippen molar-refractivity contribution in [1.29, 1.82) is 0 Å². The van der Waals surface area contributed by atoms with Crippen LogP contribution in [0, 0.1) is 11.7 Å².